The molecule has 0 spiro atoms. The van der Waals surface area contributed by atoms with E-state index in [0.717, 1.165) is 12.0 Å². The molecule has 3 rings (SSSR count). The summed E-state index contributed by atoms with van der Waals surface area (Å²) >= 11 is 0. The molecule has 1 saturated heterocycles. The van der Waals surface area contributed by atoms with Gasteiger partial charge in [-0.25, -0.2) is 4.79 Å². The lowest BCUT2D eigenvalue weighted by Gasteiger charge is -2.35. The molecule has 0 saturated carbocycles. The van der Waals surface area contributed by atoms with Crippen LogP contribution in [0.1, 0.15) is 58.6 Å². The maximum Gasteiger partial charge on any atom is 0.412 e. The largest absolute Gasteiger partial charge is 0.444 e. The van der Waals surface area contributed by atoms with E-state index in [9.17, 15) is 9.59 Å². The highest BCUT2D eigenvalue weighted by Gasteiger charge is 2.50. The van der Waals surface area contributed by atoms with E-state index in [2.05, 4.69) is 17.4 Å². The smallest absolute Gasteiger partial charge is 0.412 e. The van der Waals surface area contributed by atoms with Crippen molar-refractivity contribution in [3.63, 3.8) is 0 Å². The summed E-state index contributed by atoms with van der Waals surface area (Å²) in [7, 11) is 0. The average Bonchev–Trinajstić information content (AvgIpc) is 3.02. The number of amides is 2. The molecule has 2 aromatic rings. The van der Waals surface area contributed by atoms with E-state index in [1.54, 1.807) is 4.90 Å². The Balaban J connectivity index is 1.66. The molecule has 0 radical (unpaired) electrons. The summed E-state index contributed by atoms with van der Waals surface area (Å²) in [5.74, 6) is -0.00786. The number of carbonyl (C=O) groups excluding carboxylic acids is 2. The SMILES string of the molecule is CC(C)(C)OC(=O)N1[C@@H](Cc2ccccc2)[C@H](CCC(=O)NCCc2ccccc2)OC1(C)C. The minimum absolute atomic E-state index is 0.00786. The van der Waals surface area contributed by atoms with Gasteiger partial charge in [-0.05, 0) is 65.0 Å². The van der Waals surface area contributed by atoms with Crippen LogP contribution in [0.2, 0.25) is 0 Å². The Morgan fingerprint density at radius 1 is 1.00 bits per heavy atom. The predicted octanol–water partition coefficient (Wildman–Crippen LogP) is 5.11. The van der Waals surface area contributed by atoms with E-state index < -0.39 is 17.4 Å². The Morgan fingerprint density at radius 2 is 1.59 bits per heavy atom. The zero-order valence-electron chi connectivity index (χ0n) is 21.0. The molecule has 1 aliphatic heterocycles. The van der Waals surface area contributed by atoms with Crippen LogP contribution in [0.4, 0.5) is 4.79 Å². The number of ether oxygens (including phenoxy) is 2. The summed E-state index contributed by atoms with van der Waals surface area (Å²) in [6.45, 7) is 9.94. The summed E-state index contributed by atoms with van der Waals surface area (Å²) in [5, 5.41) is 3.01. The van der Waals surface area contributed by atoms with Crippen molar-refractivity contribution in [3.05, 3.63) is 71.8 Å². The molecule has 6 heteroatoms. The number of nitrogens with one attached hydrogen (secondary N) is 1. The highest BCUT2D eigenvalue weighted by Crippen LogP contribution is 2.37. The van der Waals surface area contributed by atoms with Crippen molar-refractivity contribution in [2.24, 2.45) is 0 Å². The molecule has 2 amide bonds. The maximum absolute atomic E-state index is 13.2. The van der Waals surface area contributed by atoms with E-state index in [0.29, 0.717) is 25.8 Å². The first-order valence-electron chi connectivity index (χ1n) is 12.1. The van der Waals surface area contributed by atoms with E-state index >= 15 is 0 Å². The summed E-state index contributed by atoms with van der Waals surface area (Å²) in [6, 6.07) is 19.9. The van der Waals surface area contributed by atoms with Crippen LogP contribution in [0.25, 0.3) is 0 Å². The van der Waals surface area contributed by atoms with E-state index in [-0.39, 0.29) is 18.1 Å². The van der Waals surface area contributed by atoms with Crippen LogP contribution in [0.3, 0.4) is 0 Å². The molecular formula is C28H38N2O4. The van der Waals surface area contributed by atoms with E-state index in [4.69, 9.17) is 9.47 Å². The lowest BCUT2D eigenvalue weighted by atomic mass is 9.97. The molecule has 1 heterocycles. The molecule has 2 aromatic carbocycles. The fourth-order valence-corrected chi connectivity index (χ4v) is 4.42. The number of hydrogen-bond donors (Lipinski definition) is 1. The van der Waals surface area contributed by atoms with Gasteiger partial charge < -0.3 is 14.8 Å². The second-order valence-corrected chi connectivity index (χ2v) is 10.3. The Hall–Kier alpha value is -2.86. The monoisotopic (exact) mass is 466 g/mol. The van der Waals surface area contributed by atoms with Crippen molar-refractivity contribution in [2.75, 3.05) is 6.54 Å². The third-order valence-corrected chi connectivity index (χ3v) is 5.89. The minimum Gasteiger partial charge on any atom is -0.444 e. The van der Waals surface area contributed by atoms with Gasteiger partial charge in [0, 0.05) is 13.0 Å². The Bertz CT molecular complexity index is 938. The Morgan fingerprint density at radius 3 is 2.18 bits per heavy atom. The zero-order valence-corrected chi connectivity index (χ0v) is 21.0. The normalized spacial score (nSPS) is 19.6. The zero-order chi connectivity index (χ0) is 24.8. The first-order chi connectivity index (χ1) is 16.0. The number of benzene rings is 2. The lowest BCUT2D eigenvalue weighted by Crippen LogP contribution is -2.51. The molecule has 0 unspecified atom stereocenters. The summed E-state index contributed by atoms with van der Waals surface area (Å²) in [6.07, 6.45) is 1.61. The van der Waals surface area contributed by atoms with Crippen molar-refractivity contribution in [3.8, 4) is 0 Å². The molecule has 1 fully saturated rings. The molecule has 6 nitrogen and oxygen atoms in total. The van der Waals surface area contributed by atoms with E-state index in [1.165, 1.54) is 5.56 Å². The van der Waals surface area contributed by atoms with Gasteiger partial charge in [-0.15, -0.1) is 0 Å². The first-order valence-corrected chi connectivity index (χ1v) is 12.1. The quantitative estimate of drug-likeness (QED) is 0.587. The topological polar surface area (TPSA) is 67.9 Å². The number of rotatable bonds is 8. The van der Waals surface area contributed by atoms with Crippen LogP contribution in [0.5, 0.6) is 0 Å². The third-order valence-electron chi connectivity index (χ3n) is 5.89. The van der Waals surface area contributed by atoms with Crippen LogP contribution >= 0.6 is 0 Å². The van der Waals surface area contributed by atoms with Gasteiger partial charge in [0.05, 0.1) is 12.1 Å². The minimum atomic E-state index is -0.837. The molecule has 1 N–H and O–H groups in total. The molecule has 1 aliphatic rings. The summed E-state index contributed by atoms with van der Waals surface area (Å²) in [5.41, 5.74) is 0.858. The van der Waals surface area contributed by atoms with Crippen molar-refractivity contribution < 1.29 is 19.1 Å². The molecule has 184 valence electrons. The molecule has 0 bridgehead atoms. The molecular weight excluding hydrogens is 428 g/mol. The van der Waals surface area contributed by atoms with Gasteiger partial charge in [0.15, 0.2) is 0 Å². The van der Waals surface area contributed by atoms with Gasteiger partial charge >= 0.3 is 6.09 Å². The molecule has 0 aromatic heterocycles. The van der Waals surface area contributed by atoms with Gasteiger partial charge in [0.25, 0.3) is 0 Å². The van der Waals surface area contributed by atoms with Gasteiger partial charge in [-0.2, -0.15) is 0 Å². The van der Waals surface area contributed by atoms with Crippen molar-refractivity contribution in [1.82, 2.24) is 10.2 Å². The van der Waals surface area contributed by atoms with Crippen molar-refractivity contribution in [2.45, 2.75) is 83.8 Å². The van der Waals surface area contributed by atoms with Crippen LogP contribution in [0.15, 0.2) is 60.7 Å². The van der Waals surface area contributed by atoms with E-state index in [1.807, 2.05) is 83.1 Å². The highest BCUT2D eigenvalue weighted by molar-refractivity contribution is 5.76. The fourth-order valence-electron chi connectivity index (χ4n) is 4.42. The van der Waals surface area contributed by atoms with Crippen LogP contribution in [-0.2, 0) is 27.1 Å². The van der Waals surface area contributed by atoms with Gasteiger partial charge in [-0.1, -0.05) is 60.7 Å². The second-order valence-electron chi connectivity index (χ2n) is 10.3. The van der Waals surface area contributed by atoms with Crippen molar-refractivity contribution in [1.29, 1.82) is 0 Å². The van der Waals surface area contributed by atoms with Gasteiger partial charge in [0.1, 0.15) is 11.3 Å². The molecule has 0 aliphatic carbocycles. The number of nitrogens with zero attached hydrogens (tertiary/aromatic N) is 1. The Kier molecular flexibility index (Phi) is 8.37. The summed E-state index contributed by atoms with van der Waals surface area (Å²) in [4.78, 5) is 27.4. The third kappa shape index (κ3) is 7.32. The highest BCUT2D eigenvalue weighted by atomic mass is 16.6. The summed E-state index contributed by atoms with van der Waals surface area (Å²) < 4.78 is 12.1. The molecule has 34 heavy (non-hydrogen) atoms. The van der Waals surface area contributed by atoms with Crippen LogP contribution < -0.4 is 5.32 Å². The van der Waals surface area contributed by atoms with Gasteiger partial charge in [-0.3, -0.25) is 9.69 Å². The van der Waals surface area contributed by atoms with Crippen LogP contribution in [-0.4, -0.2) is 46.9 Å². The number of carbonyl (C=O) groups is 2. The second kappa shape index (κ2) is 11.0. The van der Waals surface area contributed by atoms with Crippen LogP contribution in [0, 0.1) is 0 Å². The standard InChI is InChI=1S/C28H38N2O4/c1-27(2,3)34-26(32)30-23(20-22-14-10-7-11-15-22)24(33-28(30,4)5)16-17-25(31)29-19-18-21-12-8-6-9-13-21/h6-15,23-24H,16-20H2,1-5H3,(H,29,31)/t23-,24-/m0/s1. The Labute approximate surface area is 203 Å². The maximum atomic E-state index is 13.2. The van der Waals surface area contributed by atoms with Gasteiger partial charge in [0.2, 0.25) is 5.91 Å². The molecule has 2 atom stereocenters. The average molecular weight is 467 g/mol. The van der Waals surface area contributed by atoms with Crippen molar-refractivity contribution >= 4 is 12.0 Å². The number of hydrogen-bond acceptors (Lipinski definition) is 4. The lowest BCUT2D eigenvalue weighted by molar-refractivity contribution is -0.122. The fraction of sp³-hybridized carbons (Fsp3) is 0.500. The first kappa shape index (κ1) is 25.8. The predicted molar refractivity (Wildman–Crippen MR) is 133 cm³/mol.